The summed E-state index contributed by atoms with van der Waals surface area (Å²) in [5, 5.41) is 2.47. The Morgan fingerprint density at radius 2 is 1.94 bits per heavy atom. The van der Waals surface area contributed by atoms with Gasteiger partial charge >= 0.3 is 5.97 Å². The molecule has 0 aliphatic heterocycles. The quantitative estimate of drug-likeness (QED) is 0.526. The van der Waals surface area contributed by atoms with Crippen molar-refractivity contribution in [2.24, 2.45) is 0 Å². The van der Waals surface area contributed by atoms with Crippen molar-refractivity contribution in [3.05, 3.63) is 47.0 Å². The van der Waals surface area contributed by atoms with Crippen LogP contribution in [-0.4, -0.2) is 13.1 Å². The van der Waals surface area contributed by atoms with E-state index in [0.29, 0.717) is 5.02 Å². The summed E-state index contributed by atoms with van der Waals surface area (Å²) in [5.74, 6) is 4.61. The van der Waals surface area contributed by atoms with Crippen molar-refractivity contribution >= 4 is 28.3 Å². The van der Waals surface area contributed by atoms with Crippen LogP contribution < -0.4 is 0 Å². The number of carbonyl (C=O) groups is 1. The van der Waals surface area contributed by atoms with Crippen LogP contribution in [0.15, 0.2) is 36.4 Å². The van der Waals surface area contributed by atoms with Crippen LogP contribution in [0.1, 0.15) is 5.56 Å². The van der Waals surface area contributed by atoms with Crippen LogP contribution in [-0.2, 0) is 9.53 Å². The van der Waals surface area contributed by atoms with E-state index in [2.05, 4.69) is 16.6 Å². The molecule has 0 N–H and O–H groups in total. The largest absolute Gasteiger partial charge is 0.459 e. The lowest BCUT2D eigenvalue weighted by Gasteiger charge is -2.02. The van der Waals surface area contributed by atoms with Gasteiger partial charge < -0.3 is 4.74 Å². The van der Waals surface area contributed by atoms with Crippen molar-refractivity contribution in [1.82, 2.24) is 0 Å². The summed E-state index contributed by atoms with van der Waals surface area (Å²) in [4.78, 5) is 11.0. The molecule has 2 aromatic rings. The molecule has 0 heterocycles. The average Bonchev–Trinajstić information content (AvgIpc) is 2.36. The maximum absolute atomic E-state index is 11.0. The third-order valence-corrected chi connectivity index (χ3v) is 2.65. The van der Waals surface area contributed by atoms with E-state index in [1.54, 1.807) is 6.07 Å². The Bertz CT molecular complexity index is 630. The Morgan fingerprint density at radius 3 is 2.65 bits per heavy atom. The van der Waals surface area contributed by atoms with Crippen LogP contribution >= 0.6 is 11.6 Å². The van der Waals surface area contributed by atoms with Crippen LogP contribution in [0.5, 0.6) is 0 Å². The second kappa shape index (κ2) is 4.90. The second-order valence-electron chi connectivity index (χ2n) is 3.39. The van der Waals surface area contributed by atoms with E-state index in [4.69, 9.17) is 11.6 Å². The number of hydrogen-bond donors (Lipinski definition) is 0. The summed E-state index contributed by atoms with van der Waals surface area (Å²) in [7, 11) is 1.30. The van der Waals surface area contributed by atoms with Crippen LogP contribution in [0.25, 0.3) is 10.8 Å². The zero-order valence-electron chi connectivity index (χ0n) is 9.16. The fourth-order valence-corrected chi connectivity index (χ4v) is 1.85. The topological polar surface area (TPSA) is 26.3 Å². The number of halogens is 1. The van der Waals surface area contributed by atoms with Gasteiger partial charge in [0.1, 0.15) is 0 Å². The van der Waals surface area contributed by atoms with Gasteiger partial charge in [0, 0.05) is 21.9 Å². The highest BCUT2D eigenvalue weighted by Gasteiger charge is 2.02. The molecule has 0 saturated heterocycles. The Kier molecular flexibility index (Phi) is 3.32. The number of fused-ring (bicyclic) bond motifs is 1. The molecule has 0 amide bonds. The molecule has 0 aliphatic carbocycles. The van der Waals surface area contributed by atoms with Crippen molar-refractivity contribution in [3.8, 4) is 11.8 Å². The first-order chi connectivity index (χ1) is 8.22. The molecule has 0 bridgehead atoms. The molecule has 0 unspecified atom stereocenters. The molecule has 0 aliphatic rings. The predicted molar refractivity (Wildman–Crippen MR) is 67.9 cm³/mol. The molecule has 0 radical (unpaired) electrons. The SMILES string of the molecule is COC(=O)C#Cc1cccc2cccc(Cl)c12. The van der Waals surface area contributed by atoms with E-state index in [0.717, 1.165) is 16.3 Å². The van der Waals surface area contributed by atoms with Gasteiger partial charge in [-0.1, -0.05) is 41.8 Å². The first-order valence-electron chi connectivity index (χ1n) is 4.99. The van der Waals surface area contributed by atoms with Crippen molar-refractivity contribution in [2.45, 2.75) is 0 Å². The van der Waals surface area contributed by atoms with Crippen molar-refractivity contribution in [3.63, 3.8) is 0 Å². The van der Waals surface area contributed by atoms with Crippen molar-refractivity contribution in [2.75, 3.05) is 7.11 Å². The minimum absolute atomic E-state index is 0.561. The highest BCUT2D eigenvalue weighted by atomic mass is 35.5. The van der Waals surface area contributed by atoms with Crippen LogP contribution in [0.2, 0.25) is 5.02 Å². The molecule has 2 rings (SSSR count). The normalized spacial score (nSPS) is 9.53. The molecule has 0 atom stereocenters. The predicted octanol–water partition coefficient (Wildman–Crippen LogP) is 3.02. The van der Waals surface area contributed by atoms with Crippen molar-refractivity contribution in [1.29, 1.82) is 0 Å². The fourth-order valence-electron chi connectivity index (χ4n) is 1.57. The van der Waals surface area contributed by atoms with E-state index in [9.17, 15) is 4.79 Å². The number of rotatable bonds is 0. The zero-order chi connectivity index (χ0) is 12.3. The monoisotopic (exact) mass is 244 g/mol. The third-order valence-electron chi connectivity index (χ3n) is 2.34. The van der Waals surface area contributed by atoms with Gasteiger partial charge in [-0.2, -0.15) is 0 Å². The van der Waals surface area contributed by atoms with Gasteiger partial charge in [-0.25, -0.2) is 4.79 Å². The summed E-state index contributed by atoms with van der Waals surface area (Å²) >= 11 is 6.13. The molecule has 0 fully saturated rings. The van der Waals surface area contributed by atoms with Crippen LogP contribution in [0.3, 0.4) is 0 Å². The molecule has 17 heavy (non-hydrogen) atoms. The van der Waals surface area contributed by atoms with Crippen LogP contribution in [0.4, 0.5) is 0 Å². The van der Waals surface area contributed by atoms with Gasteiger partial charge in [0.2, 0.25) is 0 Å². The summed E-state index contributed by atoms with van der Waals surface area (Å²) in [6.07, 6.45) is 0. The van der Waals surface area contributed by atoms with Gasteiger partial charge in [-0.3, -0.25) is 0 Å². The van der Waals surface area contributed by atoms with Gasteiger partial charge in [0.15, 0.2) is 0 Å². The second-order valence-corrected chi connectivity index (χ2v) is 3.79. The smallest absolute Gasteiger partial charge is 0.384 e. The lowest BCUT2D eigenvalue weighted by molar-refractivity contribution is -0.133. The third kappa shape index (κ3) is 2.41. The Labute approximate surface area is 104 Å². The number of methoxy groups -OCH3 is 1. The number of esters is 1. The van der Waals surface area contributed by atoms with E-state index in [-0.39, 0.29) is 0 Å². The number of carbonyl (C=O) groups excluding carboxylic acids is 1. The Morgan fingerprint density at radius 1 is 1.24 bits per heavy atom. The maximum atomic E-state index is 11.0. The Balaban J connectivity index is 2.61. The Hall–Kier alpha value is -1.98. The molecule has 3 heteroatoms. The molecule has 0 aromatic heterocycles. The molecule has 0 spiro atoms. The summed E-state index contributed by atoms with van der Waals surface area (Å²) in [6.45, 7) is 0. The molecule has 84 valence electrons. The average molecular weight is 245 g/mol. The molecule has 2 nitrogen and oxygen atoms in total. The van der Waals surface area contributed by atoms with Crippen LogP contribution in [0, 0.1) is 11.8 Å². The number of hydrogen-bond acceptors (Lipinski definition) is 2. The standard InChI is InChI=1S/C14H9ClO2/c1-17-13(16)9-8-11-5-2-4-10-6-3-7-12(15)14(10)11/h2-7H,1H3. The minimum atomic E-state index is -0.561. The first-order valence-corrected chi connectivity index (χ1v) is 5.37. The fraction of sp³-hybridized carbons (Fsp3) is 0.0714. The van der Waals surface area contributed by atoms with Crippen molar-refractivity contribution < 1.29 is 9.53 Å². The van der Waals surface area contributed by atoms with E-state index < -0.39 is 5.97 Å². The van der Waals surface area contributed by atoms with Gasteiger partial charge in [-0.05, 0) is 17.5 Å². The summed E-state index contributed by atoms with van der Waals surface area (Å²) < 4.78 is 4.47. The van der Waals surface area contributed by atoms with Gasteiger partial charge in [-0.15, -0.1) is 0 Å². The molecular formula is C14H9ClO2. The minimum Gasteiger partial charge on any atom is -0.459 e. The summed E-state index contributed by atoms with van der Waals surface area (Å²) in [6, 6.07) is 11.3. The highest BCUT2D eigenvalue weighted by molar-refractivity contribution is 6.36. The first kappa shape index (κ1) is 11.5. The zero-order valence-corrected chi connectivity index (χ0v) is 9.91. The van der Waals surface area contributed by atoms with Gasteiger partial charge in [0.05, 0.1) is 7.11 Å². The van der Waals surface area contributed by atoms with E-state index in [1.807, 2.05) is 30.3 Å². The number of benzene rings is 2. The summed E-state index contributed by atoms with van der Waals surface area (Å²) in [5.41, 5.74) is 0.721. The van der Waals surface area contributed by atoms with E-state index in [1.165, 1.54) is 7.11 Å². The maximum Gasteiger partial charge on any atom is 0.384 e. The molecule has 2 aromatic carbocycles. The molecule has 0 saturated carbocycles. The van der Waals surface area contributed by atoms with Gasteiger partial charge in [0.25, 0.3) is 0 Å². The lowest BCUT2D eigenvalue weighted by Crippen LogP contribution is -1.94. The van der Waals surface area contributed by atoms with E-state index >= 15 is 0 Å². The highest BCUT2D eigenvalue weighted by Crippen LogP contribution is 2.26. The lowest BCUT2D eigenvalue weighted by atomic mass is 10.0. The number of ether oxygens (including phenoxy) is 1. The molecular weight excluding hydrogens is 236 g/mol.